The number of nitrogens with zero attached hydrogens (tertiary/aromatic N) is 2. The molecule has 1 saturated heterocycles. The summed E-state index contributed by atoms with van der Waals surface area (Å²) in [5.41, 5.74) is 2.46. The van der Waals surface area contributed by atoms with Gasteiger partial charge >= 0.3 is 0 Å². The van der Waals surface area contributed by atoms with Crippen LogP contribution in [0.15, 0.2) is 29.1 Å². The van der Waals surface area contributed by atoms with Crippen molar-refractivity contribution in [2.45, 2.75) is 18.9 Å². The number of carbonyl (C=O) groups is 1. The number of oxazole rings is 1. The van der Waals surface area contributed by atoms with E-state index in [0.717, 1.165) is 48.2 Å². The standard InChI is InChI=1S/C17H20N6O2/c1-18-16(24)13-9-22-17(25-13)12-8-21-15-11(4-6-20-15)14(12)23-10-3-2-5-19-7-10/h4,6,8-10,19H,2-3,5,7H2,1H3,(H,18,24)(H2,20,21,23). The summed E-state index contributed by atoms with van der Waals surface area (Å²) < 4.78 is 5.65. The molecule has 1 aliphatic heterocycles. The van der Waals surface area contributed by atoms with Crippen molar-refractivity contribution < 1.29 is 9.21 Å². The van der Waals surface area contributed by atoms with E-state index < -0.39 is 0 Å². The Morgan fingerprint density at radius 2 is 2.28 bits per heavy atom. The van der Waals surface area contributed by atoms with E-state index in [1.165, 1.54) is 6.20 Å². The second-order valence-electron chi connectivity index (χ2n) is 6.08. The van der Waals surface area contributed by atoms with Crippen molar-refractivity contribution in [1.29, 1.82) is 0 Å². The fourth-order valence-electron chi connectivity index (χ4n) is 3.13. The molecule has 1 amide bonds. The Morgan fingerprint density at radius 3 is 3.08 bits per heavy atom. The van der Waals surface area contributed by atoms with Crippen LogP contribution in [0, 0.1) is 0 Å². The molecule has 3 aromatic rings. The van der Waals surface area contributed by atoms with Gasteiger partial charge in [-0.2, -0.15) is 0 Å². The zero-order valence-corrected chi connectivity index (χ0v) is 13.9. The molecule has 3 aromatic heterocycles. The molecule has 1 aliphatic rings. The summed E-state index contributed by atoms with van der Waals surface area (Å²) in [5.74, 6) is 0.248. The van der Waals surface area contributed by atoms with E-state index in [9.17, 15) is 4.79 Å². The van der Waals surface area contributed by atoms with Gasteiger partial charge in [-0.15, -0.1) is 0 Å². The van der Waals surface area contributed by atoms with E-state index >= 15 is 0 Å². The molecule has 0 saturated carbocycles. The maximum Gasteiger partial charge on any atom is 0.288 e. The monoisotopic (exact) mass is 340 g/mol. The van der Waals surface area contributed by atoms with Crippen LogP contribution in [-0.2, 0) is 0 Å². The maximum absolute atomic E-state index is 11.7. The van der Waals surface area contributed by atoms with Crippen molar-refractivity contribution in [3.05, 3.63) is 30.4 Å². The van der Waals surface area contributed by atoms with Crippen LogP contribution in [0.25, 0.3) is 22.5 Å². The van der Waals surface area contributed by atoms with Gasteiger partial charge in [0, 0.05) is 37.4 Å². The quantitative estimate of drug-likeness (QED) is 0.576. The lowest BCUT2D eigenvalue weighted by molar-refractivity contribution is 0.0936. The molecular weight excluding hydrogens is 320 g/mol. The topological polar surface area (TPSA) is 108 Å². The highest BCUT2D eigenvalue weighted by molar-refractivity contribution is 5.97. The van der Waals surface area contributed by atoms with Crippen molar-refractivity contribution in [3.8, 4) is 11.5 Å². The number of carbonyl (C=O) groups excluding carboxylic acids is 1. The summed E-state index contributed by atoms with van der Waals surface area (Å²) in [6.07, 6.45) is 7.24. The first-order valence-electron chi connectivity index (χ1n) is 8.38. The highest BCUT2D eigenvalue weighted by atomic mass is 16.4. The van der Waals surface area contributed by atoms with Gasteiger partial charge in [-0.05, 0) is 25.5 Å². The number of amides is 1. The number of H-pyrrole nitrogens is 1. The minimum Gasteiger partial charge on any atom is -0.431 e. The van der Waals surface area contributed by atoms with Gasteiger partial charge in [-0.25, -0.2) is 9.97 Å². The lowest BCUT2D eigenvalue weighted by Crippen LogP contribution is -2.38. The minimum absolute atomic E-state index is 0.178. The van der Waals surface area contributed by atoms with Gasteiger partial charge in [-0.3, -0.25) is 4.79 Å². The zero-order valence-electron chi connectivity index (χ0n) is 13.9. The van der Waals surface area contributed by atoms with Crippen LogP contribution in [0.3, 0.4) is 0 Å². The predicted molar refractivity (Wildman–Crippen MR) is 94.5 cm³/mol. The van der Waals surface area contributed by atoms with Gasteiger partial charge in [0.25, 0.3) is 5.91 Å². The Balaban J connectivity index is 1.75. The van der Waals surface area contributed by atoms with Gasteiger partial charge in [-0.1, -0.05) is 0 Å². The van der Waals surface area contributed by atoms with E-state index in [0.29, 0.717) is 11.9 Å². The number of hydrogen-bond donors (Lipinski definition) is 4. The van der Waals surface area contributed by atoms with E-state index in [4.69, 9.17) is 4.42 Å². The molecule has 0 aliphatic carbocycles. The molecule has 0 aromatic carbocycles. The lowest BCUT2D eigenvalue weighted by atomic mass is 10.1. The summed E-state index contributed by atoms with van der Waals surface area (Å²) in [7, 11) is 1.56. The summed E-state index contributed by atoms with van der Waals surface area (Å²) in [6.45, 7) is 1.96. The summed E-state index contributed by atoms with van der Waals surface area (Å²) in [5, 5.41) is 10.5. The highest BCUT2D eigenvalue weighted by Gasteiger charge is 2.21. The molecule has 0 spiro atoms. The van der Waals surface area contributed by atoms with Crippen LogP contribution in [0.2, 0.25) is 0 Å². The smallest absolute Gasteiger partial charge is 0.288 e. The molecule has 1 atom stereocenters. The van der Waals surface area contributed by atoms with E-state index in [1.54, 1.807) is 13.2 Å². The Labute approximate surface area is 144 Å². The van der Waals surface area contributed by atoms with E-state index in [1.807, 2.05) is 12.3 Å². The molecule has 130 valence electrons. The van der Waals surface area contributed by atoms with Crippen LogP contribution in [-0.4, -0.2) is 47.0 Å². The van der Waals surface area contributed by atoms with Gasteiger partial charge in [0.1, 0.15) is 5.65 Å². The first-order valence-corrected chi connectivity index (χ1v) is 8.38. The van der Waals surface area contributed by atoms with Crippen molar-refractivity contribution in [2.24, 2.45) is 0 Å². The average molecular weight is 340 g/mol. The third-order valence-corrected chi connectivity index (χ3v) is 4.42. The van der Waals surface area contributed by atoms with Gasteiger partial charge < -0.3 is 25.4 Å². The molecule has 1 fully saturated rings. The first kappa shape index (κ1) is 15.6. The minimum atomic E-state index is -0.305. The van der Waals surface area contributed by atoms with Crippen molar-refractivity contribution in [1.82, 2.24) is 25.6 Å². The fraction of sp³-hybridized carbons (Fsp3) is 0.353. The van der Waals surface area contributed by atoms with Gasteiger partial charge in [0.2, 0.25) is 11.7 Å². The molecule has 25 heavy (non-hydrogen) atoms. The summed E-state index contributed by atoms with van der Waals surface area (Å²) >= 11 is 0. The second-order valence-corrected chi connectivity index (χ2v) is 6.08. The van der Waals surface area contributed by atoms with Crippen LogP contribution in [0.1, 0.15) is 23.4 Å². The number of aromatic nitrogens is 3. The molecule has 8 nitrogen and oxygen atoms in total. The number of hydrogen-bond acceptors (Lipinski definition) is 6. The van der Waals surface area contributed by atoms with Crippen molar-refractivity contribution >= 4 is 22.6 Å². The van der Waals surface area contributed by atoms with Crippen LogP contribution in [0.4, 0.5) is 5.69 Å². The number of fused-ring (bicyclic) bond motifs is 1. The van der Waals surface area contributed by atoms with E-state index in [-0.39, 0.29) is 11.7 Å². The first-order chi connectivity index (χ1) is 12.3. The molecule has 1 unspecified atom stereocenters. The SMILES string of the molecule is CNC(=O)c1cnc(-c2cnc3[nH]ccc3c2NC2CCCNC2)o1. The van der Waals surface area contributed by atoms with Crippen molar-refractivity contribution in [2.75, 3.05) is 25.5 Å². The third-order valence-electron chi connectivity index (χ3n) is 4.42. The summed E-state index contributed by atoms with van der Waals surface area (Å²) in [4.78, 5) is 23.6. The third kappa shape index (κ3) is 2.96. The zero-order chi connectivity index (χ0) is 17.2. The Hall–Kier alpha value is -2.87. The maximum atomic E-state index is 11.7. The fourth-order valence-corrected chi connectivity index (χ4v) is 3.13. The molecule has 4 rings (SSSR count). The number of aromatic amines is 1. The lowest BCUT2D eigenvalue weighted by Gasteiger charge is -2.26. The molecule has 0 radical (unpaired) electrons. The molecule has 8 heteroatoms. The van der Waals surface area contributed by atoms with Gasteiger partial charge in [0.05, 0.1) is 17.4 Å². The molecular formula is C17H20N6O2. The van der Waals surface area contributed by atoms with Crippen LogP contribution >= 0.6 is 0 Å². The molecule has 0 bridgehead atoms. The number of pyridine rings is 1. The number of nitrogens with one attached hydrogen (secondary N) is 4. The number of anilines is 1. The Bertz CT molecular complexity index is 894. The van der Waals surface area contributed by atoms with Crippen LogP contribution in [0.5, 0.6) is 0 Å². The normalized spacial score (nSPS) is 17.6. The highest BCUT2D eigenvalue weighted by Crippen LogP contribution is 2.34. The van der Waals surface area contributed by atoms with Gasteiger partial charge in [0.15, 0.2) is 0 Å². The molecule has 4 N–H and O–H groups in total. The average Bonchev–Trinajstić information content (AvgIpc) is 3.31. The summed E-state index contributed by atoms with van der Waals surface area (Å²) in [6, 6.07) is 2.30. The molecule has 4 heterocycles. The number of piperidine rings is 1. The number of rotatable bonds is 4. The largest absolute Gasteiger partial charge is 0.431 e. The van der Waals surface area contributed by atoms with E-state index in [2.05, 4.69) is 30.9 Å². The Kier molecular flexibility index (Phi) is 4.10. The van der Waals surface area contributed by atoms with Crippen LogP contribution < -0.4 is 16.0 Å². The second kappa shape index (κ2) is 6.56. The predicted octanol–water partition coefficient (Wildman–Crippen LogP) is 1.74. The van der Waals surface area contributed by atoms with Crippen molar-refractivity contribution in [3.63, 3.8) is 0 Å². The Morgan fingerprint density at radius 1 is 1.36 bits per heavy atom.